The lowest BCUT2D eigenvalue weighted by atomic mass is 10.0. The van der Waals surface area contributed by atoms with Gasteiger partial charge in [0.05, 0.1) is 5.02 Å². The van der Waals surface area contributed by atoms with Crippen LogP contribution in [0.5, 0.6) is 0 Å². The van der Waals surface area contributed by atoms with E-state index < -0.39 is 0 Å². The van der Waals surface area contributed by atoms with Crippen LogP contribution in [0.15, 0.2) is 30.5 Å². The van der Waals surface area contributed by atoms with Crippen molar-refractivity contribution < 1.29 is 0 Å². The third-order valence-electron chi connectivity index (χ3n) is 2.35. The van der Waals surface area contributed by atoms with E-state index in [0.717, 1.165) is 18.7 Å². The highest BCUT2D eigenvalue weighted by molar-refractivity contribution is 6.30. The molecule has 0 radical (unpaired) electrons. The predicted molar refractivity (Wildman–Crippen MR) is 59.6 cm³/mol. The summed E-state index contributed by atoms with van der Waals surface area (Å²) in [6, 6.07) is 4.30. The second-order valence-electron chi connectivity index (χ2n) is 3.49. The Morgan fingerprint density at radius 3 is 2.93 bits per heavy atom. The van der Waals surface area contributed by atoms with Crippen molar-refractivity contribution in [2.75, 3.05) is 5.32 Å². The zero-order valence-corrected chi connectivity index (χ0v) is 8.67. The van der Waals surface area contributed by atoms with Crippen LogP contribution in [0, 0.1) is 0 Å². The summed E-state index contributed by atoms with van der Waals surface area (Å²) in [4.78, 5) is 4.21. The van der Waals surface area contributed by atoms with Gasteiger partial charge in [0.1, 0.15) is 5.82 Å². The molecule has 1 heterocycles. The molecule has 0 saturated heterocycles. The molecule has 1 aliphatic carbocycles. The summed E-state index contributed by atoms with van der Waals surface area (Å²) in [6.45, 7) is 0. The minimum atomic E-state index is 0.522. The predicted octanol–water partition coefficient (Wildman–Crippen LogP) is 3.26. The molecule has 0 amide bonds. The number of rotatable bonds is 2. The summed E-state index contributed by atoms with van der Waals surface area (Å²) in [7, 11) is 0. The lowest BCUT2D eigenvalue weighted by molar-refractivity contribution is 0.642. The fraction of sp³-hybridized carbons (Fsp3) is 0.364. The molecule has 0 aliphatic heterocycles. The van der Waals surface area contributed by atoms with Gasteiger partial charge in [-0.2, -0.15) is 0 Å². The summed E-state index contributed by atoms with van der Waals surface area (Å²) in [5.74, 6) is 0.912. The van der Waals surface area contributed by atoms with Crippen LogP contribution in [0.1, 0.15) is 19.3 Å². The smallest absolute Gasteiger partial charge is 0.126 e. The summed E-state index contributed by atoms with van der Waals surface area (Å²) < 4.78 is 0. The van der Waals surface area contributed by atoms with Gasteiger partial charge in [-0.15, -0.1) is 0 Å². The third-order valence-corrected chi connectivity index (χ3v) is 2.57. The molecule has 2 nitrogen and oxygen atoms in total. The number of hydrogen-bond donors (Lipinski definition) is 1. The molecule has 3 heteroatoms. The molecule has 1 aromatic heterocycles. The molecule has 0 spiro atoms. The van der Waals surface area contributed by atoms with Gasteiger partial charge in [0.15, 0.2) is 0 Å². The number of nitrogens with one attached hydrogen (secondary N) is 1. The first kappa shape index (κ1) is 9.53. The Kier molecular flexibility index (Phi) is 3.04. The van der Waals surface area contributed by atoms with Crippen molar-refractivity contribution in [3.05, 3.63) is 35.5 Å². The van der Waals surface area contributed by atoms with Crippen LogP contribution in [-0.4, -0.2) is 11.0 Å². The molecule has 0 bridgehead atoms. The van der Waals surface area contributed by atoms with Gasteiger partial charge >= 0.3 is 0 Å². The quantitative estimate of drug-likeness (QED) is 0.755. The van der Waals surface area contributed by atoms with Gasteiger partial charge in [-0.25, -0.2) is 4.98 Å². The highest BCUT2D eigenvalue weighted by Gasteiger charge is 2.09. The Morgan fingerprint density at radius 1 is 1.36 bits per heavy atom. The summed E-state index contributed by atoms with van der Waals surface area (Å²) in [5.41, 5.74) is 0. The van der Waals surface area contributed by atoms with Crippen molar-refractivity contribution in [3.8, 4) is 0 Å². The minimum Gasteiger partial charge on any atom is -0.367 e. The average Bonchev–Trinajstić information content (AvgIpc) is 2.23. The molecule has 2 rings (SSSR count). The van der Waals surface area contributed by atoms with E-state index in [4.69, 9.17) is 11.6 Å². The lowest BCUT2D eigenvalue weighted by Gasteiger charge is -2.19. The largest absolute Gasteiger partial charge is 0.367 e. The summed E-state index contributed by atoms with van der Waals surface area (Å²) >= 11 is 5.75. The van der Waals surface area contributed by atoms with Gasteiger partial charge in [-0.1, -0.05) is 23.8 Å². The van der Waals surface area contributed by atoms with Crippen molar-refractivity contribution in [1.29, 1.82) is 0 Å². The number of allylic oxidation sites excluding steroid dienone is 1. The van der Waals surface area contributed by atoms with Crippen LogP contribution in [0.3, 0.4) is 0 Å². The number of pyridine rings is 1. The van der Waals surface area contributed by atoms with Gasteiger partial charge in [-0.05, 0) is 31.4 Å². The molecule has 0 fully saturated rings. The van der Waals surface area contributed by atoms with Crippen LogP contribution < -0.4 is 5.32 Å². The monoisotopic (exact) mass is 208 g/mol. The number of aromatic nitrogens is 1. The number of nitrogens with zero attached hydrogens (tertiary/aromatic N) is 1. The van der Waals surface area contributed by atoms with Crippen LogP contribution in [0.25, 0.3) is 0 Å². The summed E-state index contributed by atoms with van der Waals surface area (Å²) in [5, 5.41) is 4.07. The highest BCUT2D eigenvalue weighted by atomic mass is 35.5. The molecule has 1 unspecified atom stereocenters. The molecule has 1 atom stereocenters. The molecule has 1 aliphatic rings. The van der Waals surface area contributed by atoms with Gasteiger partial charge in [0, 0.05) is 12.2 Å². The van der Waals surface area contributed by atoms with Crippen molar-refractivity contribution in [3.63, 3.8) is 0 Å². The van der Waals surface area contributed by atoms with Crippen molar-refractivity contribution >= 4 is 17.4 Å². The standard InChI is InChI=1S/C11H13ClN2/c12-9-6-7-11(13-8-9)14-10-4-2-1-3-5-10/h1-2,6-8,10H,3-5H2,(H,13,14). The van der Waals surface area contributed by atoms with Crippen molar-refractivity contribution in [2.45, 2.75) is 25.3 Å². The second kappa shape index (κ2) is 4.47. The Morgan fingerprint density at radius 2 is 2.29 bits per heavy atom. The Balaban J connectivity index is 1.96. The first-order valence-electron chi connectivity index (χ1n) is 4.88. The fourth-order valence-electron chi connectivity index (χ4n) is 1.60. The molecule has 14 heavy (non-hydrogen) atoms. The van der Waals surface area contributed by atoms with Crippen LogP contribution >= 0.6 is 11.6 Å². The van der Waals surface area contributed by atoms with Crippen molar-refractivity contribution in [1.82, 2.24) is 4.98 Å². The van der Waals surface area contributed by atoms with Gasteiger partial charge < -0.3 is 5.32 Å². The first-order chi connectivity index (χ1) is 6.84. The van der Waals surface area contributed by atoms with Gasteiger partial charge in [-0.3, -0.25) is 0 Å². The Labute approximate surface area is 89.0 Å². The van der Waals surface area contributed by atoms with Crippen LogP contribution in [-0.2, 0) is 0 Å². The number of anilines is 1. The maximum atomic E-state index is 5.75. The van der Waals surface area contributed by atoms with E-state index in [1.807, 2.05) is 12.1 Å². The van der Waals surface area contributed by atoms with Gasteiger partial charge in [0.25, 0.3) is 0 Å². The lowest BCUT2D eigenvalue weighted by Crippen LogP contribution is -2.20. The third kappa shape index (κ3) is 2.48. The van der Waals surface area contributed by atoms with E-state index in [0.29, 0.717) is 11.1 Å². The zero-order chi connectivity index (χ0) is 9.80. The number of hydrogen-bond acceptors (Lipinski definition) is 2. The van der Waals surface area contributed by atoms with E-state index in [9.17, 15) is 0 Å². The van der Waals surface area contributed by atoms with E-state index in [-0.39, 0.29) is 0 Å². The second-order valence-corrected chi connectivity index (χ2v) is 3.92. The average molecular weight is 209 g/mol. The minimum absolute atomic E-state index is 0.522. The van der Waals surface area contributed by atoms with Crippen LogP contribution in [0.2, 0.25) is 5.02 Å². The molecule has 1 aromatic rings. The Bertz CT molecular complexity index is 319. The molecular formula is C11H13ClN2. The SMILES string of the molecule is Clc1ccc(NC2CC=CCC2)nc1. The molecule has 0 aromatic carbocycles. The van der Waals surface area contributed by atoms with E-state index in [1.165, 1.54) is 6.42 Å². The first-order valence-corrected chi connectivity index (χ1v) is 5.25. The zero-order valence-electron chi connectivity index (χ0n) is 7.91. The molecular weight excluding hydrogens is 196 g/mol. The Hall–Kier alpha value is -1.02. The van der Waals surface area contributed by atoms with Gasteiger partial charge in [0.2, 0.25) is 0 Å². The molecule has 0 saturated carbocycles. The highest BCUT2D eigenvalue weighted by Crippen LogP contribution is 2.16. The normalized spacial score (nSPS) is 20.8. The fourth-order valence-corrected chi connectivity index (χ4v) is 1.71. The topological polar surface area (TPSA) is 24.9 Å². The number of halogens is 1. The molecule has 74 valence electrons. The maximum absolute atomic E-state index is 5.75. The van der Waals surface area contributed by atoms with Crippen LogP contribution in [0.4, 0.5) is 5.82 Å². The van der Waals surface area contributed by atoms with E-state index in [1.54, 1.807) is 6.20 Å². The maximum Gasteiger partial charge on any atom is 0.126 e. The summed E-state index contributed by atoms with van der Waals surface area (Å²) in [6.07, 6.45) is 9.55. The molecule has 1 N–H and O–H groups in total. The van der Waals surface area contributed by atoms with E-state index in [2.05, 4.69) is 22.5 Å². The van der Waals surface area contributed by atoms with Crippen molar-refractivity contribution in [2.24, 2.45) is 0 Å². The van der Waals surface area contributed by atoms with E-state index >= 15 is 0 Å².